The fourth-order valence-corrected chi connectivity index (χ4v) is 4.76. The van der Waals surface area contributed by atoms with Gasteiger partial charge in [-0.15, -0.1) is 0 Å². The van der Waals surface area contributed by atoms with Gasteiger partial charge in [0.15, 0.2) is 11.8 Å². The van der Waals surface area contributed by atoms with E-state index >= 15 is 0 Å². The van der Waals surface area contributed by atoms with E-state index in [2.05, 4.69) is 19.9 Å². The number of aromatic nitrogens is 5. The van der Waals surface area contributed by atoms with Crippen LogP contribution in [0.4, 0.5) is 0 Å². The monoisotopic (exact) mass is 462 g/mol. The van der Waals surface area contributed by atoms with Gasteiger partial charge in [-0.3, -0.25) is 9.78 Å². The lowest BCUT2D eigenvalue weighted by Gasteiger charge is -2.09. The van der Waals surface area contributed by atoms with Gasteiger partial charge in [-0.25, -0.2) is 9.78 Å². The number of hydrogen-bond acceptors (Lipinski definition) is 4. The van der Waals surface area contributed by atoms with Crippen LogP contribution >= 0.6 is 11.6 Å². The highest BCUT2D eigenvalue weighted by atomic mass is 35.5. The standard InChI is InChI=1S/C23H16ClN5O4/c24-20-12(8-14-21(28-20)27-10-26-14)9-29-15-4-3-11-5-7-33-19(11)17(15)16(18(29)23(31)32)13-2-1-6-25-22(13)30/h1-4,6,8,10H,5,7,9H2,(H,25,30)(H,31,32)(H,26,27,28)/p+1. The van der Waals surface area contributed by atoms with Crippen LogP contribution in [0.1, 0.15) is 21.6 Å². The van der Waals surface area contributed by atoms with Gasteiger partial charge in [0.2, 0.25) is 5.15 Å². The van der Waals surface area contributed by atoms with E-state index in [1.807, 2.05) is 18.2 Å². The molecule has 33 heavy (non-hydrogen) atoms. The summed E-state index contributed by atoms with van der Waals surface area (Å²) in [7, 11) is 0. The van der Waals surface area contributed by atoms with Crippen molar-refractivity contribution in [1.82, 2.24) is 19.5 Å². The second-order valence-electron chi connectivity index (χ2n) is 7.84. The minimum Gasteiger partial charge on any atom is -0.492 e. The Bertz CT molecular complexity index is 1650. The van der Waals surface area contributed by atoms with Crippen molar-refractivity contribution in [2.45, 2.75) is 13.0 Å². The lowest BCUT2D eigenvalue weighted by Crippen LogP contribution is -2.14. The Morgan fingerprint density at radius 3 is 3.00 bits per heavy atom. The fourth-order valence-electron chi connectivity index (χ4n) is 4.56. The number of ether oxygens (including phenoxy) is 1. The molecule has 5 aromatic rings. The van der Waals surface area contributed by atoms with Gasteiger partial charge in [-0.1, -0.05) is 11.1 Å². The van der Waals surface area contributed by atoms with Gasteiger partial charge in [-0.2, -0.15) is 0 Å². The Balaban J connectivity index is 1.69. The van der Waals surface area contributed by atoms with E-state index in [4.69, 9.17) is 16.3 Å². The summed E-state index contributed by atoms with van der Waals surface area (Å²) in [6.45, 7) is 0.644. The Morgan fingerprint density at radius 1 is 1.30 bits per heavy atom. The van der Waals surface area contributed by atoms with Crippen molar-refractivity contribution >= 4 is 39.6 Å². The molecule has 0 saturated heterocycles. The van der Waals surface area contributed by atoms with Gasteiger partial charge in [0, 0.05) is 23.7 Å². The number of H-pyrrole nitrogens is 3. The van der Waals surface area contributed by atoms with E-state index in [-0.39, 0.29) is 28.5 Å². The lowest BCUT2D eigenvalue weighted by atomic mass is 10.0. The van der Waals surface area contributed by atoms with E-state index in [0.717, 1.165) is 17.5 Å². The van der Waals surface area contributed by atoms with Gasteiger partial charge in [0.25, 0.3) is 5.56 Å². The summed E-state index contributed by atoms with van der Waals surface area (Å²) in [6.07, 6.45) is 3.88. The summed E-state index contributed by atoms with van der Waals surface area (Å²) in [6, 6.07) is 8.94. The second kappa shape index (κ2) is 7.21. The van der Waals surface area contributed by atoms with E-state index in [1.165, 1.54) is 6.20 Å². The van der Waals surface area contributed by atoms with E-state index in [0.29, 0.717) is 40.0 Å². The SMILES string of the molecule is O=C(O)c1c(-c2ccc[nH]c2=O)c2c3c(ccc2n1Cc1cc2[nH]c[nH+]c2nc1Cl)CCO3. The molecule has 1 aliphatic rings. The molecule has 164 valence electrons. The number of carboxylic acids is 1. The number of halogens is 1. The number of carboxylic acid groups (broad SMARTS) is 1. The van der Waals surface area contributed by atoms with Crippen LogP contribution in [0.25, 0.3) is 33.2 Å². The van der Waals surface area contributed by atoms with Crippen LogP contribution in [-0.2, 0) is 13.0 Å². The summed E-state index contributed by atoms with van der Waals surface area (Å²) in [5.41, 5.74) is 3.80. The van der Waals surface area contributed by atoms with Crippen molar-refractivity contribution in [3.05, 3.63) is 75.2 Å². The summed E-state index contributed by atoms with van der Waals surface area (Å²) >= 11 is 6.45. The average molecular weight is 463 g/mol. The zero-order chi connectivity index (χ0) is 22.7. The van der Waals surface area contributed by atoms with Crippen LogP contribution in [0.5, 0.6) is 5.75 Å². The molecular formula is C23H17ClN5O4+. The Labute approximate surface area is 190 Å². The normalized spacial score (nSPS) is 12.9. The van der Waals surface area contributed by atoms with E-state index in [9.17, 15) is 14.7 Å². The number of aromatic carboxylic acids is 1. The highest BCUT2D eigenvalue weighted by Crippen LogP contribution is 2.43. The highest BCUT2D eigenvalue weighted by molar-refractivity contribution is 6.30. The molecule has 4 N–H and O–H groups in total. The molecule has 1 aromatic carbocycles. The van der Waals surface area contributed by atoms with E-state index in [1.54, 1.807) is 23.0 Å². The summed E-state index contributed by atoms with van der Waals surface area (Å²) < 4.78 is 7.57. The van der Waals surface area contributed by atoms with Crippen molar-refractivity contribution < 1.29 is 19.6 Å². The van der Waals surface area contributed by atoms with E-state index < -0.39 is 5.97 Å². The Morgan fingerprint density at radius 2 is 2.18 bits per heavy atom. The van der Waals surface area contributed by atoms with Gasteiger partial charge in [0.1, 0.15) is 11.4 Å². The van der Waals surface area contributed by atoms with Crippen LogP contribution < -0.4 is 15.3 Å². The number of fused-ring (bicyclic) bond motifs is 4. The Hall–Kier alpha value is -4.11. The van der Waals surface area contributed by atoms with Gasteiger partial charge in [-0.05, 0) is 41.4 Å². The molecule has 6 rings (SSSR count). The minimum atomic E-state index is -1.16. The maximum absolute atomic E-state index is 12.7. The van der Waals surface area contributed by atoms with Crippen LogP contribution in [0.2, 0.25) is 5.15 Å². The Kier molecular flexibility index (Phi) is 4.27. The number of aromatic amines is 3. The van der Waals surface area contributed by atoms with Gasteiger partial charge in [0.05, 0.1) is 29.6 Å². The predicted octanol–water partition coefficient (Wildman–Crippen LogP) is 3.02. The number of nitrogens with zero attached hydrogens (tertiary/aromatic N) is 2. The molecule has 0 amide bonds. The minimum absolute atomic E-state index is 0.0141. The van der Waals surface area contributed by atoms with Crippen molar-refractivity contribution in [3.63, 3.8) is 0 Å². The number of nitrogens with one attached hydrogen (secondary N) is 3. The maximum Gasteiger partial charge on any atom is 0.353 e. The molecule has 5 heterocycles. The highest BCUT2D eigenvalue weighted by Gasteiger charge is 2.30. The third kappa shape index (κ3) is 2.93. The van der Waals surface area contributed by atoms with Crippen molar-refractivity contribution in [1.29, 1.82) is 0 Å². The predicted molar refractivity (Wildman–Crippen MR) is 121 cm³/mol. The largest absolute Gasteiger partial charge is 0.492 e. The molecular weight excluding hydrogens is 446 g/mol. The average Bonchev–Trinajstić information content (AvgIpc) is 3.51. The molecule has 0 atom stereocenters. The topological polar surface area (TPSA) is 127 Å². The molecule has 0 bridgehead atoms. The quantitative estimate of drug-likeness (QED) is 0.354. The molecule has 10 heteroatoms. The van der Waals surface area contributed by atoms with Crippen molar-refractivity contribution in [2.75, 3.05) is 6.61 Å². The molecule has 1 aliphatic heterocycles. The molecule has 4 aromatic heterocycles. The van der Waals surface area contributed by atoms with Crippen molar-refractivity contribution in [2.24, 2.45) is 0 Å². The molecule has 0 fully saturated rings. The van der Waals surface area contributed by atoms with Gasteiger partial charge < -0.3 is 19.4 Å². The number of benzene rings is 1. The molecule has 0 saturated carbocycles. The molecule has 9 nitrogen and oxygen atoms in total. The first kappa shape index (κ1) is 19.6. The van der Waals surface area contributed by atoms with Crippen LogP contribution in [0, 0.1) is 0 Å². The number of rotatable bonds is 4. The number of hydrogen-bond donors (Lipinski definition) is 3. The maximum atomic E-state index is 12.7. The summed E-state index contributed by atoms with van der Waals surface area (Å²) in [5, 5.41) is 11.2. The zero-order valence-electron chi connectivity index (χ0n) is 17.1. The third-order valence-electron chi connectivity index (χ3n) is 5.99. The molecule has 0 spiro atoms. The molecule has 0 aliphatic carbocycles. The van der Waals surface area contributed by atoms with Crippen LogP contribution in [0.3, 0.4) is 0 Å². The van der Waals surface area contributed by atoms with Crippen LogP contribution in [-0.4, -0.2) is 37.2 Å². The third-order valence-corrected chi connectivity index (χ3v) is 6.31. The first-order valence-corrected chi connectivity index (χ1v) is 10.7. The fraction of sp³-hybridized carbons (Fsp3) is 0.130. The molecule has 0 radical (unpaired) electrons. The summed E-state index contributed by atoms with van der Waals surface area (Å²) in [5.74, 6) is -0.541. The first-order valence-electron chi connectivity index (χ1n) is 10.3. The number of carbonyl (C=O) groups is 1. The smallest absolute Gasteiger partial charge is 0.353 e. The van der Waals surface area contributed by atoms with Crippen molar-refractivity contribution in [3.8, 4) is 16.9 Å². The summed E-state index contributed by atoms with van der Waals surface area (Å²) in [4.78, 5) is 38.4. The number of pyridine rings is 2. The molecule has 0 unspecified atom stereocenters. The first-order chi connectivity index (χ1) is 16.0. The van der Waals surface area contributed by atoms with Crippen LogP contribution in [0.15, 0.2) is 47.7 Å². The number of imidazole rings is 1. The van der Waals surface area contributed by atoms with Gasteiger partial charge >= 0.3 is 11.6 Å². The lowest BCUT2D eigenvalue weighted by molar-refractivity contribution is -0.347. The zero-order valence-corrected chi connectivity index (χ0v) is 17.9. The second-order valence-corrected chi connectivity index (χ2v) is 8.20.